The predicted molar refractivity (Wildman–Crippen MR) is 94.1 cm³/mol. The van der Waals surface area contributed by atoms with Crippen LogP contribution in [0.15, 0.2) is 55.1 Å². The number of rotatable bonds is 11. The zero-order chi connectivity index (χ0) is 17.1. The van der Waals surface area contributed by atoms with E-state index in [0.717, 1.165) is 24.0 Å². The maximum absolute atomic E-state index is 11.5. The fraction of sp³-hybridized carbons (Fsp3) is 0.450. The molecule has 0 radical (unpaired) electrons. The van der Waals surface area contributed by atoms with Gasteiger partial charge in [0.2, 0.25) is 0 Å². The summed E-state index contributed by atoms with van der Waals surface area (Å²) in [5.41, 5.74) is 2.14. The van der Waals surface area contributed by atoms with Crippen molar-refractivity contribution in [3.63, 3.8) is 0 Å². The Labute approximate surface area is 140 Å². The third-order valence-electron chi connectivity index (χ3n) is 3.49. The molecule has 0 aliphatic heterocycles. The van der Waals surface area contributed by atoms with Crippen LogP contribution in [0.4, 0.5) is 0 Å². The molecule has 23 heavy (non-hydrogen) atoms. The SMILES string of the molecule is C=CC(=O)O[C@H](CC(=C)C)C[C@@H](CCC)OCc1ccccc1. The van der Waals surface area contributed by atoms with Crippen molar-refractivity contribution in [3.05, 3.63) is 60.7 Å². The van der Waals surface area contributed by atoms with Crippen LogP contribution in [0, 0.1) is 0 Å². The first kappa shape index (κ1) is 19.2. The van der Waals surface area contributed by atoms with Crippen LogP contribution in [-0.2, 0) is 20.9 Å². The van der Waals surface area contributed by atoms with Crippen LogP contribution in [0.3, 0.4) is 0 Å². The fourth-order valence-electron chi connectivity index (χ4n) is 2.45. The highest BCUT2D eigenvalue weighted by Crippen LogP contribution is 2.19. The lowest BCUT2D eigenvalue weighted by Gasteiger charge is -2.24. The summed E-state index contributed by atoms with van der Waals surface area (Å²) in [6.45, 7) is 12.0. The van der Waals surface area contributed by atoms with Gasteiger partial charge in [0.25, 0.3) is 0 Å². The number of esters is 1. The minimum absolute atomic E-state index is 0.0576. The number of carbonyl (C=O) groups excluding carboxylic acids is 1. The largest absolute Gasteiger partial charge is 0.459 e. The molecule has 0 aliphatic carbocycles. The summed E-state index contributed by atoms with van der Waals surface area (Å²) < 4.78 is 11.5. The summed E-state index contributed by atoms with van der Waals surface area (Å²) in [5, 5.41) is 0. The van der Waals surface area contributed by atoms with Crippen LogP contribution in [0.1, 0.15) is 45.1 Å². The van der Waals surface area contributed by atoms with E-state index in [1.165, 1.54) is 6.08 Å². The van der Waals surface area contributed by atoms with Gasteiger partial charge in [-0.1, -0.05) is 55.8 Å². The van der Waals surface area contributed by atoms with Gasteiger partial charge in [-0.3, -0.25) is 0 Å². The van der Waals surface area contributed by atoms with Crippen molar-refractivity contribution in [2.75, 3.05) is 0 Å². The predicted octanol–water partition coefficient (Wildman–Crippen LogP) is 4.83. The molecule has 1 aromatic rings. The summed E-state index contributed by atoms with van der Waals surface area (Å²) in [6, 6.07) is 10.1. The Bertz CT molecular complexity index is 493. The maximum Gasteiger partial charge on any atom is 0.330 e. The van der Waals surface area contributed by atoms with E-state index in [2.05, 4.69) is 20.1 Å². The fourth-order valence-corrected chi connectivity index (χ4v) is 2.45. The molecule has 0 aromatic heterocycles. The van der Waals surface area contributed by atoms with E-state index in [1.54, 1.807) is 0 Å². The molecule has 0 aliphatic rings. The number of carbonyl (C=O) groups is 1. The van der Waals surface area contributed by atoms with Crippen molar-refractivity contribution in [1.29, 1.82) is 0 Å². The van der Waals surface area contributed by atoms with Crippen molar-refractivity contribution in [1.82, 2.24) is 0 Å². The van der Waals surface area contributed by atoms with E-state index in [4.69, 9.17) is 9.47 Å². The smallest absolute Gasteiger partial charge is 0.330 e. The van der Waals surface area contributed by atoms with E-state index in [9.17, 15) is 4.79 Å². The zero-order valence-corrected chi connectivity index (χ0v) is 14.3. The second-order valence-electron chi connectivity index (χ2n) is 5.87. The lowest BCUT2D eigenvalue weighted by Crippen LogP contribution is -2.25. The zero-order valence-electron chi connectivity index (χ0n) is 14.3. The summed E-state index contributed by atoms with van der Waals surface area (Å²) >= 11 is 0. The Morgan fingerprint density at radius 1 is 1.26 bits per heavy atom. The average molecular weight is 316 g/mol. The van der Waals surface area contributed by atoms with Crippen LogP contribution in [0.2, 0.25) is 0 Å². The van der Waals surface area contributed by atoms with Crippen LogP contribution in [0.5, 0.6) is 0 Å². The lowest BCUT2D eigenvalue weighted by molar-refractivity contribution is -0.145. The molecule has 0 amide bonds. The van der Waals surface area contributed by atoms with Gasteiger partial charge in [-0.2, -0.15) is 0 Å². The molecule has 1 rings (SSSR count). The monoisotopic (exact) mass is 316 g/mol. The molecule has 0 bridgehead atoms. The number of hydrogen-bond acceptors (Lipinski definition) is 3. The Morgan fingerprint density at radius 3 is 2.52 bits per heavy atom. The van der Waals surface area contributed by atoms with Crippen LogP contribution >= 0.6 is 0 Å². The van der Waals surface area contributed by atoms with Gasteiger partial charge in [0.05, 0.1) is 12.7 Å². The van der Waals surface area contributed by atoms with Crippen molar-refractivity contribution in [3.8, 4) is 0 Å². The summed E-state index contributed by atoms with van der Waals surface area (Å²) in [7, 11) is 0. The molecule has 3 heteroatoms. The van der Waals surface area contributed by atoms with Crippen LogP contribution in [-0.4, -0.2) is 18.2 Å². The molecule has 0 fully saturated rings. The van der Waals surface area contributed by atoms with Crippen molar-refractivity contribution < 1.29 is 14.3 Å². The van der Waals surface area contributed by atoms with Crippen molar-refractivity contribution in [2.24, 2.45) is 0 Å². The molecule has 0 saturated carbocycles. The average Bonchev–Trinajstić information content (AvgIpc) is 2.53. The third kappa shape index (κ3) is 8.36. The van der Waals surface area contributed by atoms with Gasteiger partial charge >= 0.3 is 5.97 Å². The van der Waals surface area contributed by atoms with E-state index < -0.39 is 5.97 Å². The highest BCUT2D eigenvalue weighted by Gasteiger charge is 2.20. The van der Waals surface area contributed by atoms with E-state index in [-0.39, 0.29) is 12.2 Å². The molecule has 1 aromatic carbocycles. The molecule has 126 valence electrons. The molecule has 0 N–H and O–H groups in total. The standard InChI is InChI=1S/C20H28O3/c1-5-10-18(22-15-17-11-8-7-9-12-17)14-19(13-16(3)4)23-20(21)6-2/h6-9,11-12,18-19H,2-3,5,10,13-15H2,1,4H3/t18-,19-/m1/s1. The first-order chi connectivity index (χ1) is 11.0. The highest BCUT2D eigenvalue weighted by molar-refractivity contribution is 5.81. The lowest BCUT2D eigenvalue weighted by atomic mass is 10.0. The molecule has 0 heterocycles. The summed E-state index contributed by atoms with van der Waals surface area (Å²) in [5.74, 6) is -0.394. The first-order valence-corrected chi connectivity index (χ1v) is 8.18. The minimum Gasteiger partial charge on any atom is -0.459 e. The van der Waals surface area contributed by atoms with Crippen LogP contribution in [0.25, 0.3) is 0 Å². The first-order valence-electron chi connectivity index (χ1n) is 8.18. The Morgan fingerprint density at radius 2 is 1.96 bits per heavy atom. The highest BCUT2D eigenvalue weighted by atomic mass is 16.5. The molecule has 0 spiro atoms. The Balaban J connectivity index is 2.62. The molecular formula is C20H28O3. The maximum atomic E-state index is 11.5. The van der Waals surface area contributed by atoms with E-state index in [1.807, 2.05) is 37.3 Å². The van der Waals surface area contributed by atoms with Gasteiger partial charge in [0, 0.05) is 18.9 Å². The van der Waals surface area contributed by atoms with Crippen LogP contribution < -0.4 is 0 Å². The van der Waals surface area contributed by atoms with Gasteiger partial charge in [0.1, 0.15) is 6.10 Å². The molecule has 0 saturated heterocycles. The van der Waals surface area contributed by atoms with E-state index >= 15 is 0 Å². The number of ether oxygens (including phenoxy) is 2. The van der Waals surface area contributed by atoms with Gasteiger partial charge in [0.15, 0.2) is 0 Å². The summed E-state index contributed by atoms with van der Waals surface area (Å²) in [4.78, 5) is 11.5. The van der Waals surface area contributed by atoms with E-state index in [0.29, 0.717) is 19.4 Å². The molecule has 3 nitrogen and oxygen atoms in total. The topological polar surface area (TPSA) is 35.5 Å². The summed E-state index contributed by atoms with van der Waals surface area (Å²) in [6.07, 6.45) is 4.32. The quantitative estimate of drug-likeness (QED) is 0.333. The third-order valence-corrected chi connectivity index (χ3v) is 3.49. The minimum atomic E-state index is -0.394. The van der Waals surface area contributed by atoms with Crippen molar-refractivity contribution in [2.45, 2.75) is 58.3 Å². The second kappa shape index (κ2) is 10.8. The molecular weight excluding hydrogens is 288 g/mol. The number of benzene rings is 1. The second-order valence-corrected chi connectivity index (χ2v) is 5.87. The number of hydrogen-bond donors (Lipinski definition) is 0. The molecule has 2 atom stereocenters. The van der Waals surface area contributed by atoms with Gasteiger partial charge in [-0.05, 0) is 18.9 Å². The van der Waals surface area contributed by atoms with Gasteiger partial charge in [-0.15, -0.1) is 6.58 Å². The molecule has 0 unspecified atom stereocenters. The normalized spacial score (nSPS) is 13.1. The van der Waals surface area contributed by atoms with Crippen molar-refractivity contribution >= 4 is 5.97 Å². The Kier molecular flexibility index (Phi) is 9.00. The Hall–Kier alpha value is -1.87. The van der Waals surface area contributed by atoms with Gasteiger partial charge in [-0.25, -0.2) is 4.79 Å². The van der Waals surface area contributed by atoms with Gasteiger partial charge < -0.3 is 9.47 Å².